The van der Waals surface area contributed by atoms with Gasteiger partial charge in [0.2, 0.25) is 0 Å². The third kappa shape index (κ3) is 11.4. The highest BCUT2D eigenvalue weighted by Crippen LogP contribution is 2.36. The highest BCUT2D eigenvalue weighted by Gasteiger charge is 2.20. The van der Waals surface area contributed by atoms with Gasteiger partial charge in [0.1, 0.15) is 0 Å². The predicted molar refractivity (Wildman–Crippen MR) is 82.7 cm³/mol. The van der Waals surface area contributed by atoms with Crippen molar-refractivity contribution < 1.29 is 0 Å². The molecule has 0 N–H and O–H groups in total. The molecule has 0 bridgehead atoms. The number of hydrogen-bond donors (Lipinski definition) is 0. The highest BCUT2D eigenvalue weighted by atomic mass is 79.9. The van der Waals surface area contributed by atoms with Gasteiger partial charge in [-0.1, -0.05) is 103 Å². The molecule has 0 aliphatic carbocycles. The first-order valence-electron chi connectivity index (χ1n) is 7.00. The summed E-state index contributed by atoms with van der Waals surface area (Å²) in [4.78, 5) is 0. The summed E-state index contributed by atoms with van der Waals surface area (Å²) in [6.45, 7) is 4.52. The van der Waals surface area contributed by atoms with Crippen LogP contribution >= 0.6 is 31.9 Å². The Morgan fingerprint density at radius 3 is 1.62 bits per heavy atom. The molecular formula is C14H28Br2. The molecule has 0 rings (SSSR count). The quantitative estimate of drug-likeness (QED) is 0.282. The van der Waals surface area contributed by atoms with Crippen LogP contribution in [0.4, 0.5) is 0 Å². The van der Waals surface area contributed by atoms with E-state index in [0.29, 0.717) is 0 Å². The minimum Gasteiger partial charge on any atom is -0.0727 e. The summed E-state index contributed by atoms with van der Waals surface area (Å²) in [6.07, 6.45) is 15.0. The molecule has 98 valence electrons. The van der Waals surface area contributed by atoms with Crippen molar-refractivity contribution in [3.8, 4) is 0 Å². The van der Waals surface area contributed by atoms with Gasteiger partial charge in [-0.2, -0.15) is 0 Å². The third-order valence-corrected chi connectivity index (χ3v) is 4.60. The third-order valence-electron chi connectivity index (χ3n) is 3.01. The summed E-state index contributed by atoms with van der Waals surface area (Å²) in [5.74, 6) is 0. The van der Waals surface area contributed by atoms with Gasteiger partial charge in [0.15, 0.2) is 0 Å². The molecule has 0 aliphatic rings. The zero-order valence-corrected chi connectivity index (χ0v) is 14.2. The number of hydrogen-bond acceptors (Lipinski definition) is 0. The molecular weight excluding hydrogens is 328 g/mol. The Hall–Kier alpha value is 0.960. The largest absolute Gasteiger partial charge is 0.0805 e. The lowest BCUT2D eigenvalue weighted by atomic mass is 10.1. The Bertz CT molecular complexity index is 144. The van der Waals surface area contributed by atoms with Gasteiger partial charge >= 0.3 is 0 Å². The van der Waals surface area contributed by atoms with Crippen molar-refractivity contribution in [1.29, 1.82) is 0 Å². The zero-order chi connectivity index (χ0) is 12.3. The van der Waals surface area contributed by atoms with Gasteiger partial charge < -0.3 is 0 Å². The Morgan fingerprint density at radius 2 is 1.12 bits per heavy atom. The summed E-state index contributed by atoms with van der Waals surface area (Å²) in [6, 6.07) is 0. The van der Waals surface area contributed by atoms with Crippen LogP contribution in [-0.2, 0) is 0 Å². The van der Waals surface area contributed by atoms with Crippen LogP contribution in [0.1, 0.15) is 84.5 Å². The summed E-state index contributed by atoms with van der Waals surface area (Å²) < 4.78 is 0.219. The van der Waals surface area contributed by atoms with Gasteiger partial charge in [0.05, 0.1) is 3.23 Å². The van der Waals surface area contributed by atoms with Crippen molar-refractivity contribution in [1.82, 2.24) is 0 Å². The number of halogens is 2. The summed E-state index contributed by atoms with van der Waals surface area (Å²) in [5.41, 5.74) is 0. The SMILES string of the molecule is CCCCCCCCCCC(Br)(Br)CCC. The maximum atomic E-state index is 3.76. The molecule has 2 heteroatoms. The molecule has 0 saturated carbocycles. The van der Waals surface area contributed by atoms with E-state index in [2.05, 4.69) is 45.7 Å². The van der Waals surface area contributed by atoms with Crippen LogP contribution in [0.2, 0.25) is 0 Å². The minimum absolute atomic E-state index is 0.219. The molecule has 0 aromatic heterocycles. The van der Waals surface area contributed by atoms with Gasteiger partial charge in [0, 0.05) is 0 Å². The molecule has 0 radical (unpaired) electrons. The van der Waals surface area contributed by atoms with Gasteiger partial charge in [-0.15, -0.1) is 0 Å². The Kier molecular flexibility index (Phi) is 11.7. The maximum absolute atomic E-state index is 3.76. The van der Waals surface area contributed by atoms with Crippen molar-refractivity contribution in [2.45, 2.75) is 87.7 Å². The summed E-state index contributed by atoms with van der Waals surface area (Å²) in [7, 11) is 0. The lowest BCUT2D eigenvalue weighted by Crippen LogP contribution is -2.09. The van der Waals surface area contributed by atoms with E-state index in [1.807, 2.05) is 0 Å². The second-order valence-corrected chi connectivity index (χ2v) is 8.93. The summed E-state index contributed by atoms with van der Waals surface area (Å²) >= 11 is 7.52. The molecule has 0 nitrogen and oxygen atoms in total. The van der Waals surface area contributed by atoms with Crippen LogP contribution in [0, 0.1) is 0 Å². The smallest absolute Gasteiger partial charge is 0.0727 e. The highest BCUT2D eigenvalue weighted by molar-refractivity contribution is 9.25. The van der Waals surface area contributed by atoms with Gasteiger partial charge in [-0.05, 0) is 12.8 Å². The molecule has 0 unspecified atom stereocenters. The fraction of sp³-hybridized carbons (Fsp3) is 1.00. The predicted octanol–water partition coefficient (Wildman–Crippen LogP) is 6.80. The van der Waals surface area contributed by atoms with Crippen molar-refractivity contribution >= 4 is 31.9 Å². The second-order valence-electron chi connectivity index (χ2n) is 4.83. The van der Waals surface area contributed by atoms with E-state index in [9.17, 15) is 0 Å². The van der Waals surface area contributed by atoms with Crippen LogP contribution in [0.5, 0.6) is 0 Å². The first-order valence-corrected chi connectivity index (χ1v) is 8.59. The van der Waals surface area contributed by atoms with Crippen molar-refractivity contribution in [2.75, 3.05) is 0 Å². The molecule has 0 atom stereocenters. The van der Waals surface area contributed by atoms with Crippen LogP contribution in [0.3, 0.4) is 0 Å². The first kappa shape index (κ1) is 17.0. The lowest BCUT2D eigenvalue weighted by Gasteiger charge is -2.19. The van der Waals surface area contributed by atoms with E-state index in [1.54, 1.807) is 0 Å². The molecule has 16 heavy (non-hydrogen) atoms. The first-order chi connectivity index (χ1) is 7.62. The van der Waals surface area contributed by atoms with Gasteiger partial charge in [-0.25, -0.2) is 0 Å². The Morgan fingerprint density at radius 1 is 0.625 bits per heavy atom. The maximum Gasteiger partial charge on any atom is 0.0805 e. The van der Waals surface area contributed by atoms with E-state index in [1.165, 1.54) is 70.6 Å². The van der Waals surface area contributed by atoms with Crippen molar-refractivity contribution in [3.05, 3.63) is 0 Å². The lowest BCUT2D eigenvalue weighted by molar-refractivity contribution is 0.547. The molecule has 0 heterocycles. The van der Waals surface area contributed by atoms with Crippen LogP contribution in [0.25, 0.3) is 0 Å². The normalized spacial score (nSPS) is 12.0. The van der Waals surface area contributed by atoms with E-state index in [0.717, 1.165) is 0 Å². The van der Waals surface area contributed by atoms with E-state index >= 15 is 0 Å². The fourth-order valence-electron chi connectivity index (χ4n) is 2.01. The van der Waals surface area contributed by atoms with E-state index in [-0.39, 0.29) is 3.23 Å². The van der Waals surface area contributed by atoms with Crippen LogP contribution in [-0.4, -0.2) is 3.23 Å². The summed E-state index contributed by atoms with van der Waals surface area (Å²) in [5, 5.41) is 0. The standard InChI is InChI=1S/C14H28Br2/c1-3-5-6-7-8-9-10-11-13-14(15,16)12-4-2/h3-13H2,1-2H3. The fourth-order valence-corrected chi connectivity index (χ4v) is 3.36. The Labute approximate surface area is 119 Å². The average Bonchev–Trinajstić information content (AvgIpc) is 2.22. The van der Waals surface area contributed by atoms with E-state index < -0.39 is 0 Å². The van der Waals surface area contributed by atoms with Crippen LogP contribution in [0.15, 0.2) is 0 Å². The molecule has 0 aromatic carbocycles. The van der Waals surface area contributed by atoms with Gasteiger partial charge in [0.25, 0.3) is 0 Å². The zero-order valence-electron chi connectivity index (χ0n) is 11.0. The average molecular weight is 356 g/mol. The number of unbranched alkanes of at least 4 members (excludes halogenated alkanes) is 7. The van der Waals surface area contributed by atoms with E-state index in [4.69, 9.17) is 0 Å². The van der Waals surface area contributed by atoms with Crippen molar-refractivity contribution in [2.24, 2.45) is 0 Å². The minimum atomic E-state index is 0.219. The number of alkyl halides is 2. The van der Waals surface area contributed by atoms with Crippen LogP contribution < -0.4 is 0 Å². The molecule has 0 amide bonds. The Balaban J connectivity index is 3.20. The molecule has 0 saturated heterocycles. The molecule has 0 aromatic rings. The molecule has 0 aliphatic heterocycles. The monoisotopic (exact) mass is 354 g/mol. The van der Waals surface area contributed by atoms with Gasteiger partial charge in [-0.3, -0.25) is 0 Å². The molecule has 0 spiro atoms. The number of rotatable bonds is 11. The second kappa shape index (κ2) is 11.1. The molecule has 0 fully saturated rings. The van der Waals surface area contributed by atoms with Crippen molar-refractivity contribution in [3.63, 3.8) is 0 Å². The topological polar surface area (TPSA) is 0 Å².